The van der Waals surface area contributed by atoms with Crippen molar-refractivity contribution >= 4 is 34.5 Å². The number of rotatable bonds is 6. The van der Waals surface area contributed by atoms with Crippen molar-refractivity contribution in [2.75, 3.05) is 0 Å². The van der Waals surface area contributed by atoms with Gasteiger partial charge in [0, 0.05) is 0 Å². The van der Waals surface area contributed by atoms with Crippen molar-refractivity contribution in [3.8, 4) is 0 Å². The van der Waals surface area contributed by atoms with Crippen LogP contribution in [-0.2, 0) is 0 Å². The molecular weight excluding hydrogens is 439 g/mol. The summed E-state index contributed by atoms with van der Waals surface area (Å²) in [5, 5.41) is 0. The molecule has 0 atom stereocenters. The van der Waals surface area contributed by atoms with Crippen LogP contribution < -0.4 is 0 Å². The Hall–Kier alpha value is -0.542. The van der Waals surface area contributed by atoms with E-state index in [1.807, 2.05) is 0 Å². The summed E-state index contributed by atoms with van der Waals surface area (Å²) < 4.78 is 114. The largest absolute Gasteiger partial charge is 0.363 e. The molecule has 0 saturated heterocycles. The monoisotopic (exact) mass is 457 g/mol. The van der Waals surface area contributed by atoms with Crippen LogP contribution in [0.25, 0.3) is 0 Å². The van der Waals surface area contributed by atoms with Crippen LogP contribution in [0.5, 0.6) is 0 Å². The van der Waals surface area contributed by atoms with Crippen LogP contribution in [0.15, 0.2) is 34.2 Å². The standard InChI is InChI=1S/C13H18F9Si4/c1-23(11(14,15)16)5-8-26(4,9-6-24(2)12(17,18)19)10-7-25(3)13(20,21)22/h5-10H,1-4H3. The molecule has 0 aliphatic heterocycles. The summed E-state index contributed by atoms with van der Waals surface area (Å²) in [6.07, 6.45) is 0. The summed E-state index contributed by atoms with van der Waals surface area (Å²) in [7, 11) is -11.9. The molecule has 0 N–H and O–H groups in total. The highest BCUT2D eigenvalue weighted by Crippen LogP contribution is 2.24. The van der Waals surface area contributed by atoms with Gasteiger partial charge in [-0.3, -0.25) is 0 Å². The molecule has 3 radical (unpaired) electrons. The lowest BCUT2D eigenvalue weighted by atomic mass is 11.2. The molecule has 0 saturated carbocycles. The van der Waals surface area contributed by atoms with E-state index in [2.05, 4.69) is 0 Å². The Kier molecular flexibility index (Phi) is 8.91. The lowest BCUT2D eigenvalue weighted by Crippen LogP contribution is -2.34. The molecule has 0 fully saturated rings. The third-order valence-corrected chi connectivity index (χ3v) is 11.8. The topological polar surface area (TPSA) is 0 Å². The lowest BCUT2D eigenvalue weighted by Gasteiger charge is -2.19. The molecule has 0 aliphatic carbocycles. The minimum absolute atomic E-state index is 0.900. The molecule has 26 heavy (non-hydrogen) atoms. The zero-order chi connectivity index (χ0) is 21.0. The summed E-state index contributed by atoms with van der Waals surface area (Å²) in [5.74, 6) is -13.3. The summed E-state index contributed by atoms with van der Waals surface area (Å²) in [6, 6.07) is 0. The van der Waals surface area contributed by atoms with Crippen molar-refractivity contribution < 1.29 is 39.5 Å². The maximum absolute atomic E-state index is 12.7. The molecule has 0 unspecified atom stereocenters. The van der Waals surface area contributed by atoms with E-state index in [1.54, 1.807) is 0 Å². The molecular formula is C13H18F9Si4. The molecule has 0 aliphatic rings. The quantitative estimate of drug-likeness (QED) is 0.357. The van der Waals surface area contributed by atoms with Crippen LogP contribution in [0.3, 0.4) is 0 Å². The Morgan fingerprint density at radius 1 is 0.538 bits per heavy atom. The average molecular weight is 458 g/mol. The van der Waals surface area contributed by atoms with E-state index in [4.69, 9.17) is 0 Å². The predicted octanol–water partition coefficient (Wildman–Crippen LogP) is 5.65. The molecule has 149 valence electrons. The number of hydrogen-bond donors (Lipinski definition) is 0. The summed E-state index contributed by atoms with van der Waals surface area (Å²) >= 11 is 0. The molecule has 13 heteroatoms. The molecule has 0 aromatic carbocycles. The number of hydrogen-bond acceptors (Lipinski definition) is 0. The second-order valence-electron chi connectivity index (χ2n) is 5.91. The molecule has 0 nitrogen and oxygen atoms in total. The highest BCUT2D eigenvalue weighted by molar-refractivity contribution is 6.94. The van der Waals surface area contributed by atoms with Gasteiger partial charge in [-0.25, -0.2) is 0 Å². The Morgan fingerprint density at radius 3 is 0.885 bits per heavy atom. The van der Waals surface area contributed by atoms with Crippen molar-refractivity contribution in [2.45, 2.75) is 43.6 Å². The first-order chi connectivity index (χ1) is 11.4. The molecule has 0 rings (SSSR count). The maximum Gasteiger partial charge on any atom is 0.363 e. The Bertz CT molecular complexity index is 457. The van der Waals surface area contributed by atoms with Gasteiger partial charge in [0.25, 0.3) is 0 Å². The van der Waals surface area contributed by atoms with Gasteiger partial charge in [0.15, 0.2) is 0 Å². The van der Waals surface area contributed by atoms with Crippen LogP contribution in [0.2, 0.25) is 26.2 Å². The van der Waals surface area contributed by atoms with Gasteiger partial charge in [-0.05, 0) is 0 Å². The van der Waals surface area contributed by atoms with Gasteiger partial charge in [-0.1, -0.05) is 60.4 Å². The van der Waals surface area contributed by atoms with Crippen LogP contribution in [-0.4, -0.2) is 51.9 Å². The molecule has 0 amide bonds. The highest BCUT2D eigenvalue weighted by atomic mass is 28.3. The van der Waals surface area contributed by atoms with E-state index in [1.165, 1.54) is 23.6 Å². The molecule has 0 bridgehead atoms. The second-order valence-corrected chi connectivity index (χ2v) is 16.4. The van der Waals surface area contributed by atoms with Crippen molar-refractivity contribution in [1.82, 2.24) is 0 Å². The zero-order valence-corrected chi connectivity index (χ0v) is 18.4. The van der Waals surface area contributed by atoms with Gasteiger partial charge in [0.05, 0.1) is 0 Å². The van der Waals surface area contributed by atoms with Crippen LogP contribution in [0.1, 0.15) is 0 Å². The first-order valence-electron chi connectivity index (χ1n) is 7.18. The Labute approximate surface area is 152 Å². The minimum atomic E-state index is -4.43. The van der Waals surface area contributed by atoms with Crippen molar-refractivity contribution in [2.24, 2.45) is 0 Å². The van der Waals surface area contributed by atoms with Gasteiger partial charge in [0.2, 0.25) is 26.4 Å². The lowest BCUT2D eigenvalue weighted by molar-refractivity contribution is -0.0505. The molecule has 0 aromatic rings. The van der Waals surface area contributed by atoms with Crippen LogP contribution in [0.4, 0.5) is 39.5 Å². The van der Waals surface area contributed by atoms with Crippen LogP contribution in [0, 0.1) is 0 Å². The first kappa shape index (κ1) is 25.5. The Morgan fingerprint density at radius 2 is 0.731 bits per heavy atom. The van der Waals surface area contributed by atoms with Crippen molar-refractivity contribution in [3.05, 3.63) is 34.2 Å². The van der Waals surface area contributed by atoms with Gasteiger partial charge in [-0.15, -0.1) is 0 Å². The fraction of sp³-hybridized carbons (Fsp3) is 0.538. The van der Waals surface area contributed by atoms with E-state index >= 15 is 0 Å². The van der Waals surface area contributed by atoms with Gasteiger partial charge in [-0.2, -0.15) is 39.5 Å². The van der Waals surface area contributed by atoms with E-state index in [0.29, 0.717) is 0 Å². The third-order valence-electron chi connectivity index (χ3n) is 3.42. The summed E-state index contributed by atoms with van der Waals surface area (Å²) in [6.45, 7) is 4.33. The summed E-state index contributed by atoms with van der Waals surface area (Å²) in [5.41, 5.74) is 6.20. The van der Waals surface area contributed by atoms with Gasteiger partial charge in [0.1, 0.15) is 8.07 Å². The van der Waals surface area contributed by atoms with Gasteiger partial charge < -0.3 is 0 Å². The highest BCUT2D eigenvalue weighted by Gasteiger charge is 2.39. The predicted molar refractivity (Wildman–Crippen MR) is 92.1 cm³/mol. The van der Waals surface area contributed by atoms with Crippen molar-refractivity contribution in [1.29, 1.82) is 0 Å². The maximum atomic E-state index is 12.7. The first-order valence-corrected chi connectivity index (χ1v) is 16.1. The Balaban J connectivity index is 5.69. The van der Waals surface area contributed by atoms with Crippen LogP contribution >= 0.6 is 0 Å². The molecule has 0 spiro atoms. The molecule has 0 aromatic heterocycles. The normalized spacial score (nSPS) is 17.5. The van der Waals surface area contributed by atoms with E-state index in [0.717, 1.165) is 36.7 Å². The van der Waals surface area contributed by atoms with E-state index in [9.17, 15) is 39.5 Å². The minimum Gasteiger partial charge on any atom is -0.177 e. The van der Waals surface area contributed by atoms with Gasteiger partial charge >= 0.3 is 17.4 Å². The molecule has 0 heterocycles. The number of alkyl halides is 9. The zero-order valence-electron chi connectivity index (χ0n) is 14.4. The third kappa shape index (κ3) is 9.41. The smallest absolute Gasteiger partial charge is 0.177 e. The number of halogens is 9. The fourth-order valence-electron chi connectivity index (χ4n) is 1.36. The van der Waals surface area contributed by atoms with E-state index in [-0.39, 0.29) is 0 Å². The summed E-state index contributed by atoms with van der Waals surface area (Å²) in [4.78, 5) is 0. The SMILES string of the molecule is C[Si](C=C[Si](C)(C=C[Si](C)C(F)(F)F)C=C[Si](C)C(F)(F)F)C(F)(F)F. The average Bonchev–Trinajstić information content (AvgIpc) is 2.45. The second kappa shape index (κ2) is 9.10. The van der Waals surface area contributed by atoms with E-state index < -0.39 is 51.9 Å². The van der Waals surface area contributed by atoms with Crippen molar-refractivity contribution in [3.63, 3.8) is 0 Å². The fourth-order valence-corrected chi connectivity index (χ4v) is 9.57.